The van der Waals surface area contributed by atoms with Crippen LogP contribution in [0.5, 0.6) is 5.75 Å². The molecule has 8 heteroatoms. The number of ether oxygens (including phenoxy) is 4. The zero-order chi connectivity index (χ0) is 21.8. The third-order valence-corrected chi connectivity index (χ3v) is 4.83. The average molecular weight is 427 g/mol. The van der Waals surface area contributed by atoms with Crippen LogP contribution < -0.4 is 4.74 Å². The lowest BCUT2D eigenvalue weighted by molar-refractivity contribution is -0.227. The van der Waals surface area contributed by atoms with Gasteiger partial charge in [-0.25, -0.2) is 9.67 Å². The van der Waals surface area contributed by atoms with Crippen LogP contribution in [0.25, 0.3) is 11.4 Å². The maximum absolute atomic E-state index is 6.09. The maximum atomic E-state index is 6.09. The summed E-state index contributed by atoms with van der Waals surface area (Å²) >= 11 is 0. The normalized spacial score (nSPS) is 18.6. The van der Waals surface area contributed by atoms with Crippen molar-refractivity contribution in [3.05, 3.63) is 24.0 Å². The summed E-state index contributed by atoms with van der Waals surface area (Å²) in [5.41, 5.74) is 2.13. The van der Waals surface area contributed by atoms with Gasteiger partial charge >= 0.3 is 0 Å². The third kappa shape index (κ3) is 6.26. The van der Waals surface area contributed by atoms with Crippen LogP contribution in [0.2, 0.25) is 0 Å². The number of hydrogen-bond donors (Lipinski definition) is 0. The van der Waals surface area contributed by atoms with Gasteiger partial charge in [0.1, 0.15) is 23.7 Å². The van der Waals surface area contributed by atoms with Crippen LogP contribution in [-0.2, 0) is 20.8 Å². The number of aromatic nitrogens is 4. The van der Waals surface area contributed by atoms with Crippen LogP contribution >= 0.6 is 0 Å². The fourth-order valence-electron chi connectivity index (χ4n) is 2.99. The highest BCUT2D eigenvalue weighted by Gasteiger charge is 2.29. The molecule has 0 unspecified atom stereocenters. The van der Waals surface area contributed by atoms with E-state index in [-0.39, 0.29) is 23.9 Å². The molecule has 0 N–H and O–H groups in total. The highest BCUT2D eigenvalue weighted by Crippen LogP contribution is 2.33. The fourth-order valence-corrected chi connectivity index (χ4v) is 2.99. The lowest BCUT2D eigenvalue weighted by Gasteiger charge is -2.34. The van der Waals surface area contributed by atoms with Gasteiger partial charge in [-0.3, -0.25) is 0 Å². The van der Waals surface area contributed by atoms with E-state index in [9.17, 15) is 0 Å². The van der Waals surface area contributed by atoms with Gasteiger partial charge in [-0.15, -0.1) is 5.10 Å². The second-order valence-corrected chi connectivity index (χ2v) is 9.09. The van der Waals surface area contributed by atoms with Gasteiger partial charge in [0.25, 0.3) is 0 Å². The molecule has 1 saturated carbocycles. The Hall–Kier alpha value is -2.47. The lowest BCUT2D eigenvalue weighted by atomic mass is 9.96. The van der Waals surface area contributed by atoms with Gasteiger partial charge in [0.15, 0.2) is 6.29 Å². The molecule has 31 heavy (non-hydrogen) atoms. The van der Waals surface area contributed by atoms with Crippen LogP contribution in [0, 0.1) is 17.3 Å². The minimum absolute atomic E-state index is 0.0363. The van der Waals surface area contributed by atoms with Crippen molar-refractivity contribution in [2.45, 2.75) is 65.6 Å². The van der Waals surface area contributed by atoms with E-state index in [0.29, 0.717) is 43.5 Å². The van der Waals surface area contributed by atoms with Gasteiger partial charge in [0.2, 0.25) is 0 Å². The summed E-state index contributed by atoms with van der Waals surface area (Å²) < 4.78 is 24.9. The van der Waals surface area contributed by atoms with Crippen LogP contribution in [0.3, 0.4) is 0 Å². The van der Waals surface area contributed by atoms with Crippen molar-refractivity contribution in [2.75, 3.05) is 19.8 Å². The third-order valence-electron chi connectivity index (χ3n) is 4.83. The van der Waals surface area contributed by atoms with Crippen LogP contribution in [0.4, 0.5) is 0 Å². The van der Waals surface area contributed by atoms with E-state index in [1.54, 1.807) is 10.9 Å². The summed E-state index contributed by atoms with van der Waals surface area (Å²) in [6, 6.07) is 1.91. The Morgan fingerprint density at radius 3 is 2.74 bits per heavy atom. The van der Waals surface area contributed by atoms with E-state index in [4.69, 9.17) is 18.9 Å². The molecule has 4 rings (SSSR count). The summed E-state index contributed by atoms with van der Waals surface area (Å²) in [5.74, 6) is 6.78. The number of pyridine rings is 1. The molecular weight excluding hydrogens is 396 g/mol. The molecule has 1 aliphatic carbocycles. The standard InChI is InChI=1S/C23H30N4O4/c1-16(2)28-9-5-6-17-10-20(31-18-7-8-18)22(24-11-17)19-12-27(26-25-19)13-21-29-14-23(3,4)15-30-21/h10-12,16,18,21H,7-9,13-15H2,1-4H3. The van der Waals surface area contributed by atoms with E-state index in [0.717, 1.165) is 18.4 Å². The summed E-state index contributed by atoms with van der Waals surface area (Å²) in [6.07, 6.45) is 5.73. The molecule has 2 fully saturated rings. The van der Waals surface area contributed by atoms with E-state index in [1.165, 1.54) is 0 Å². The first-order chi connectivity index (χ1) is 14.9. The Balaban J connectivity index is 1.46. The molecular formula is C23H30N4O4. The largest absolute Gasteiger partial charge is 0.488 e. The van der Waals surface area contributed by atoms with Crippen molar-refractivity contribution in [1.82, 2.24) is 20.0 Å². The van der Waals surface area contributed by atoms with Gasteiger partial charge < -0.3 is 18.9 Å². The Kier molecular flexibility index (Phi) is 6.56. The highest BCUT2D eigenvalue weighted by molar-refractivity contribution is 5.63. The molecule has 0 amide bonds. The number of nitrogens with zero attached hydrogens (tertiary/aromatic N) is 4. The van der Waals surface area contributed by atoms with Crippen molar-refractivity contribution in [3.8, 4) is 29.0 Å². The van der Waals surface area contributed by atoms with Gasteiger partial charge in [0, 0.05) is 17.2 Å². The molecule has 1 aliphatic heterocycles. The zero-order valence-corrected chi connectivity index (χ0v) is 18.6. The predicted octanol–water partition coefficient (Wildman–Crippen LogP) is 3.06. The number of rotatable bonds is 7. The molecule has 0 atom stereocenters. The van der Waals surface area contributed by atoms with E-state index in [1.807, 2.05) is 26.1 Å². The van der Waals surface area contributed by atoms with Gasteiger partial charge in [-0.2, -0.15) is 0 Å². The van der Waals surface area contributed by atoms with Crippen molar-refractivity contribution in [3.63, 3.8) is 0 Å². The Morgan fingerprint density at radius 1 is 1.26 bits per heavy atom. The van der Waals surface area contributed by atoms with Crippen molar-refractivity contribution >= 4 is 0 Å². The first kappa shape index (κ1) is 21.8. The Morgan fingerprint density at radius 2 is 2.03 bits per heavy atom. The van der Waals surface area contributed by atoms with Crippen molar-refractivity contribution in [2.24, 2.45) is 5.41 Å². The Labute approximate surface area is 183 Å². The molecule has 3 heterocycles. The second kappa shape index (κ2) is 9.35. The quantitative estimate of drug-likeness (QED) is 0.630. The maximum Gasteiger partial charge on any atom is 0.177 e. The minimum Gasteiger partial charge on any atom is -0.488 e. The van der Waals surface area contributed by atoms with Crippen molar-refractivity contribution < 1.29 is 18.9 Å². The highest BCUT2D eigenvalue weighted by atomic mass is 16.7. The smallest absolute Gasteiger partial charge is 0.177 e. The first-order valence-corrected chi connectivity index (χ1v) is 10.8. The summed E-state index contributed by atoms with van der Waals surface area (Å²) in [5, 5.41) is 8.52. The van der Waals surface area contributed by atoms with Gasteiger partial charge in [-0.05, 0) is 32.8 Å². The number of hydrogen-bond acceptors (Lipinski definition) is 7. The van der Waals surface area contributed by atoms with Gasteiger partial charge in [0.05, 0.1) is 38.2 Å². The SMILES string of the molecule is CC(C)OCC#Cc1cnc(-c2cn(CC3OCC(C)(C)CO3)nn2)c(OC2CC2)c1. The van der Waals surface area contributed by atoms with E-state index >= 15 is 0 Å². The first-order valence-electron chi connectivity index (χ1n) is 10.8. The molecule has 2 aromatic rings. The molecule has 166 valence electrons. The van der Waals surface area contributed by atoms with Gasteiger partial charge in [-0.1, -0.05) is 30.9 Å². The summed E-state index contributed by atoms with van der Waals surface area (Å²) in [4.78, 5) is 4.58. The molecule has 8 nitrogen and oxygen atoms in total. The van der Waals surface area contributed by atoms with E-state index < -0.39 is 0 Å². The molecule has 1 saturated heterocycles. The minimum atomic E-state index is -0.330. The molecule has 2 aromatic heterocycles. The van der Waals surface area contributed by atoms with Crippen LogP contribution in [0.15, 0.2) is 18.5 Å². The molecule has 0 bridgehead atoms. The summed E-state index contributed by atoms with van der Waals surface area (Å²) in [6.45, 7) is 10.4. The van der Waals surface area contributed by atoms with Crippen LogP contribution in [-0.4, -0.2) is 58.3 Å². The molecule has 0 radical (unpaired) electrons. The summed E-state index contributed by atoms with van der Waals surface area (Å²) in [7, 11) is 0. The van der Waals surface area contributed by atoms with Crippen molar-refractivity contribution in [1.29, 1.82) is 0 Å². The molecule has 2 aliphatic rings. The zero-order valence-electron chi connectivity index (χ0n) is 18.6. The van der Waals surface area contributed by atoms with E-state index in [2.05, 4.69) is 41.0 Å². The average Bonchev–Trinajstić information content (AvgIpc) is 3.42. The van der Waals surface area contributed by atoms with Crippen LogP contribution in [0.1, 0.15) is 46.1 Å². The molecule has 0 spiro atoms. The second-order valence-electron chi connectivity index (χ2n) is 9.09. The topological polar surface area (TPSA) is 80.5 Å². The lowest BCUT2D eigenvalue weighted by Crippen LogP contribution is -2.39. The molecule has 0 aromatic carbocycles. The fraction of sp³-hybridized carbons (Fsp3) is 0.609. The predicted molar refractivity (Wildman–Crippen MR) is 114 cm³/mol. The Bertz CT molecular complexity index is 946. The monoisotopic (exact) mass is 426 g/mol.